The molecule has 0 saturated heterocycles. The molecule has 3 aromatic rings. The van der Waals surface area contributed by atoms with Crippen molar-refractivity contribution >= 4 is 29.2 Å². The van der Waals surface area contributed by atoms with E-state index >= 15 is 0 Å². The Morgan fingerprint density at radius 3 is 2.63 bits per heavy atom. The molecule has 0 bridgehead atoms. The zero-order chi connectivity index (χ0) is 19.2. The highest BCUT2D eigenvalue weighted by Gasteiger charge is 2.17. The van der Waals surface area contributed by atoms with Crippen molar-refractivity contribution in [3.05, 3.63) is 58.8 Å². The molecule has 3 rings (SSSR count). The number of thioether (sulfide) groups is 1. The van der Waals surface area contributed by atoms with E-state index in [0.717, 1.165) is 5.69 Å². The first-order valence-electron chi connectivity index (χ1n) is 8.10. The molecular formula is C17H16N6O3S. The lowest BCUT2D eigenvalue weighted by Crippen LogP contribution is -2.14. The average Bonchev–Trinajstić information content (AvgIpc) is 3.10. The first-order valence-corrected chi connectivity index (χ1v) is 9.08. The average molecular weight is 384 g/mol. The van der Waals surface area contributed by atoms with Crippen molar-refractivity contribution < 1.29 is 9.72 Å². The molecule has 0 radical (unpaired) electrons. The molecule has 0 aliphatic rings. The van der Waals surface area contributed by atoms with Crippen LogP contribution < -0.4 is 5.32 Å². The minimum Gasteiger partial charge on any atom is -0.358 e. The smallest absolute Gasteiger partial charge is 0.358 e. The first-order chi connectivity index (χ1) is 13.1. The summed E-state index contributed by atoms with van der Waals surface area (Å²) < 4.78 is 1.84. The number of pyridine rings is 1. The third-order valence-electron chi connectivity index (χ3n) is 3.62. The summed E-state index contributed by atoms with van der Waals surface area (Å²) in [5.74, 6) is 0.362. The molecule has 0 unspecified atom stereocenters. The standard InChI is InChI=1S/C17H16N6O3S/c1-2-22-16(12-8-9-14(18-10-12)23(25)26)20-21-17(22)27-11-15(24)19-13-6-4-3-5-7-13/h3-10H,2,11H2,1H3,(H,19,24). The van der Waals surface area contributed by atoms with Gasteiger partial charge in [0.05, 0.1) is 11.3 Å². The number of anilines is 1. The van der Waals surface area contributed by atoms with Crippen molar-refractivity contribution in [2.75, 3.05) is 11.1 Å². The molecule has 27 heavy (non-hydrogen) atoms. The predicted molar refractivity (Wildman–Crippen MR) is 101 cm³/mol. The fraction of sp³-hybridized carbons (Fsp3) is 0.176. The minimum atomic E-state index is -0.555. The van der Waals surface area contributed by atoms with E-state index in [0.29, 0.717) is 23.1 Å². The zero-order valence-corrected chi connectivity index (χ0v) is 15.2. The summed E-state index contributed by atoms with van der Waals surface area (Å²) in [6.07, 6.45) is 1.39. The normalized spacial score (nSPS) is 10.6. The molecule has 0 atom stereocenters. The molecule has 1 amide bonds. The molecule has 138 valence electrons. The van der Waals surface area contributed by atoms with Crippen molar-refractivity contribution in [1.29, 1.82) is 0 Å². The molecule has 0 spiro atoms. The Balaban J connectivity index is 1.70. The number of nitrogens with one attached hydrogen (secondary N) is 1. The molecule has 0 fully saturated rings. The lowest BCUT2D eigenvalue weighted by molar-refractivity contribution is -0.389. The summed E-state index contributed by atoms with van der Waals surface area (Å²) in [5.41, 5.74) is 1.35. The van der Waals surface area contributed by atoms with E-state index in [-0.39, 0.29) is 17.5 Å². The van der Waals surface area contributed by atoms with Crippen LogP contribution in [0.5, 0.6) is 0 Å². The molecule has 2 heterocycles. The molecular weight excluding hydrogens is 368 g/mol. The number of rotatable bonds is 7. The van der Waals surface area contributed by atoms with Crippen LogP contribution in [0.1, 0.15) is 6.92 Å². The fourth-order valence-electron chi connectivity index (χ4n) is 2.37. The number of carbonyl (C=O) groups is 1. The third-order valence-corrected chi connectivity index (χ3v) is 4.58. The van der Waals surface area contributed by atoms with Gasteiger partial charge in [0.2, 0.25) is 5.91 Å². The van der Waals surface area contributed by atoms with Crippen molar-refractivity contribution in [3.63, 3.8) is 0 Å². The number of aromatic nitrogens is 4. The van der Waals surface area contributed by atoms with Gasteiger partial charge in [-0.2, -0.15) is 0 Å². The molecule has 1 aromatic carbocycles. The number of benzene rings is 1. The maximum atomic E-state index is 12.1. The van der Waals surface area contributed by atoms with Crippen LogP contribution in [0.25, 0.3) is 11.4 Å². The van der Waals surface area contributed by atoms with Gasteiger partial charge in [-0.1, -0.05) is 30.0 Å². The van der Waals surface area contributed by atoms with Crippen LogP contribution >= 0.6 is 11.8 Å². The van der Waals surface area contributed by atoms with E-state index in [1.165, 1.54) is 24.0 Å². The van der Waals surface area contributed by atoms with Gasteiger partial charge in [-0.25, -0.2) is 0 Å². The predicted octanol–water partition coefficient (Wildman–Crippen LogP) is 3.00. The highest BCUT2D eigenvalue weighted by molar-refractivity contribution is 7.99. The monoisotopic (exact) mass is 384 g/mol. The van der Waals surface area contributed by atoms with Gasteiger partial charge in [0.15, 0.2) is 17.2 Å². The summed E-state index contributed by atoms with van der Waals surface area (Å²) in [4.78, 5) is 26.1. The number of carbonyl (C=O) groups excluding carboxylic acids is 1. The number of para-hydroxylation sites is 1. The number of nitrogens with zero attached hydrogens (tertiary/aromatic N) is 5. The van der Waals surface area contributed by atoms with Gasteiger partial charge >= 0.3 is 5.82 Å². The SMILES string of the molecule is CCn1c(SCC(=O)Nc2ccccc2)nnc1-c1ccc([N+](=O)[O-])nc1. The van der Waals surface area contributed by atoms with Crippen LogP contribution in [0.4, 0.5) is 11.5 Å². The Morgan fingerprint density at radius 1 is 1.22 bits per heavy atom. The van der Waals surface area contributed by atoms with E-state index in [1.807, 2.05) is 41.8 Å². The van der Waals surface area contributed by atoms with Gasteiger partial charge in [0, 0.05) is 18.3 Å². The van der Waals surface area contributed by atoms with E-state index in [4.69, 9.17) is 0 Å². The quantitative estimate of drug-likeness (QED) is 0.378. The lowest BCUT2D eigenvalue weighted by Gasteiger charge is -2.07. The Hall–Kier alpha value is -3.27. The van der Waals surface area contributed by atoms with Gasteiger partial charge in [-0.3, -0.25) is 4.79 Å². The maximum Gasteiger partial charge on any atom is 0.363 e. The lowest BCUT2D eigenvalue weighted by atomic mass is 10.2. The van der Waals surface area contributed by atoms with Gasteiger partial charge in [0.25, 0.3) is 0 Å². The second-order valence-electron chi connectivity index (χ2n) is 5.42. The van der Waals surface area contributed by atoms with E-state index in [1.54, 1.807) is 6.07 Å². The Morgan fingerprint density at radius 2 is 2.00 bits per heavy atom. The molecule has 2 aromatic heterocycles. The van der Waals surface area contributed by atoms with Gasteiger partial charge in [0.1, 0.15) is 0 Å². The Bertz CT molecular complexity index is 943. The van der Waals surface area contributed by atoms with E-state index < -0.39 is 4.92 Å². The summed E-state index contributed by atoms with van der Waals surface area (Å²) in [5, 5.41) is 22.4. The van der Waals surface area contributed by atoms with Crippen LogP contribution in [0, 0.1) is 10.1 Å². The summed E-state index contributed by atoms with van der Waals surface area (Å²) >= 11 is 1.27. The van der Waals surface area contributed by atoms with E-state index in [2.05, 4.69) is 20.5 Å². The number of nitro groups is 1. The molecule has 0 aliphatic carbocycles. The first kappa shape index (κ1) is 18.5. The maximum absolute atomic E-state index is 12.1. The number of hydrogen-bond acceptors (Lipinski definition) is 7. The van der Waals surface area contributed by atoms with Gasteiger partial charge in [-0.15, -0.1) is 10.2 Å². The van der Waals surface area contributed by atoms with E-state index in [9.17, 15) is 14.9 Å². The van der Waals surface area contributed by atoms with Crippen LogP contribution in [-0.4, -0.2) is 36.3 Å². The van der Waals surface area contributed by atoms with Gasteiger partial charge < -0.3 is 20.0 Å². The Labute approximate surface area is 159 Å². The second-order valence-corrected chi connectivity index (χ2v) is 6.36. The number of hydrogen-bond donors (Lipinski definition) is 1. The molecule has 10 heteroatoms. The number of amides is 1. The van der Waals surface area contributed by atoms with Gasteiger partial charge in [-0.05, 0) is 35.0 Å². The van der Waals surface area contributed by atoms with Crippen LogP contribution in [0.2, 0.25) is 0 Å². The minimum absolute atomic E-state index is 0.143. The largest absolute Gasteiger partial charge is 0.363 e. The van der Waals surface area contributed by atoms with Crippen molar-refractivity contribution in [2.45, 2.75) is 18.6 Å². The zero-order valence-electron chi connectivity index (χ0n) is 14.4. The van der Waals surface area contributed by atoms with Crippen molar-refractivity contribution in [1.82, 2.24) is 19.7 Å². The van der Waals surface area contributed by atoms with Crippen LogP contribution in [-0.2, 0) is 11.3 Å². The Kier molecular flexibility index (Phi) is 5.77. The summed E-state index contributed by atoms with van der Waals surface area (Å²) in [6.45, 7) is 2.52. The second kappa shape index (κ2) is 8.41. The third kappa shape index (κ3) is 4.47. The van der Waals surface area contributed by atoms with Crippen molar-refractivity contribution in [3.8, 4) is 11.4 Å². The molecule has 0 saturated carbocycles. The fourth-order valence-corrected chi connectivity index (χ4v) is 3.17. The summed E-state index contributed by atoms with van der Waals surface area (Å²) in [6, 6.07) is 12.1. The highest BCUT2D eigenvalue weighted by Crippen LogP contribution is 2.24. The van der Waals surface area contributed by atoms with Crippen molar-refractivity contribution in [2.24, 2.45) is 0 Å². The molecule has 9 nitrogen and oxygen atoms in total. The van der Waals surface area contributed by atoms with Crippen LogP contribution in [0.15, 0.2) is 53.8 Å². The van der Waals surface area contributed by atoms with Crippen LogP contribution in [0.3, 0.4) is 0 Å². The molecule has 0 aliphatic heterocycles. The summed E-state index contributed by atoms with van der Waals surface area (Å²) in [7, 11) is 0. The highest BCUT2D eigenvalue weighted by atomic mass is 32.2. The molecule has 1 N–H and O–H groups in total. The topological polar surface area (TPSA) is 116 Å².